The number of rotatable bonds is 8. The number of phenols is 1. The second-order valence-electron chi connectivity index (χ2n) is 6.57. The molecule has 0 aromatic heterocycles. The minimum atomic E-state index is -0.762. The summed E-state index contributed by atoms with van der Waals surface area (Å²) in [7, 11) is 6.04. The molecule has 0 fully saturated rings. The molecule has 0 saturated carbocycles. The topological polar surface area (TPSA) is 91.3 Å². The molecule has 0 amide bonds. The van der Waals surface area contributed by atoms with Crippen molar-refractivity contribution in [3.63, 3.8) is 0 Å². The highest BCUT2D eigenvalue weighted by atomic mass is 16.5. The van der Waals surface area contributed by atoms with Gasteiger partial charge in [0.1, 0.15) is 28.7 Å². The van der Waals surface area contributed by atoms with Crippen molar-refractivity contribution < 1.29 is 33.6 Å². The fourth-order valence-corrected chi connectivity index (χ4v) is 3.30. The maximum absolute atomic E-state index is 12.3. The van der Waals surface area contributed by atoms with Gasteiger partial charge in [0.15, 0.2) is 6.29 Å². The van der Waals surface area contributed by atoms with Crippen LogP contribution in [0.3, 0.4) is 0 Å². The standard InChI is InChI=1S/C24H22O7/c1-28-16-7-14(8-17(11-16)29-2)20-5-6-21(22(26)13-25)23(24(20)27)15-9-18(30-3)12-19(10-15)31-4/h5-13,27H,1-4H3. The maximum Gasteiger partial charge on any atom is 0.226 e. The van der Waals surface area contributed by atoms with Crippen molar-refractivity contribution in [2.24, 2.45) is 0 Å². The molecule has 7 heteroatoms. The van der Waals surface area contributed by atoms with E-state index < -0.39 is 5.78 Å². The first-order chi connectivity index (χ1) is 14.9. The highest BCUT2D eigenvalue weighted by Crippen LogP contribution is 2.44. The van der Waals surface area contributed by atoms with Crippen LogP contribution in [-0.4, -0.2) is 45.6 Å². The Hall–Kier alpha value is -4.00. The zero-order valence-corrected chi connectivity index (χ0v) is 17.6. The molecule has 0 heterocycles. The fourth-order valence-electron chi connectivity index (χ4n) is 3.30. The van der Waals surface area contributed by atoms with Crippen LogP contribution in [0.2, 0.25) is 0 Å². The Kier molecular flexibility index (Phi) is 6.45. The van der Waals surface area contributed by atoms with Crippen LogP contribution < -0.4 is 18.9 Å². The summed E-state index contributed by atoms with van der Waals surface area (Å²) >= 11 is 0. The highest BCUT2D eigenvalue weighted by molar-refractivity contribution is 6.35. The van der Waals surface area contributed by atoms with Crippen molar-refractivity contribution in [1.82, 2.24) is 0 Å². The van der Waals surface area contributed by atoms with Crippen LogP contribution in [0.25, 0.3) is 22.3 Å². The first-order valence-electron chi connectivity index (χ1n) is 9.28. The van der Waals surface area contributed by atoms with E-state index in [1.807, 2.05) is 0 Å². The third kappa shape index (κ3) is 4.30. The lowest BCUT2D eigenvalue weighted by Crippen LogP contribution is -2.04. The molecule has 3 aromatic carbocycles. The molecule has 0 aliphatic rings. The van der Waals surface area contributed by atoms with Crippen molar-refractivity contribution in [2.45, 2.75) is 0 Å². The molecule has 0 aliphatic heterocycles. The maximum atomic E-state index is 12.3. The smallest absolute Gasteiger partial charge is 0.226 e. The predicted octanol–water partition coefficient (Wildman–Crippen LogP) is 4.14. The van der Waals surface area contributed by atoms with Gasteiger partial charge in [0.2, 0.25) is 5.78 Å². The van der Waals surface area contributed by atoms with Gasteiger partial charge in [0.25, 0.3) is 0 Å². The molecule has 1 N–H and O–H groups in total. The van der Waals surface area contributed by atoms with Gasteiger partial charge < -0.3 is 24.1 Å². The van der Waals surface area contributed by atoms with Gasteiger partial charge in [0.05, 0.1) is 28.4 Å². The number of carbonyl (C=O) groups excluding carboxylic acids is 2. The number of carbonyl (C=O) groups is 2. The lowest BCUT2D eigenvalue weighted by Gasteiger charge is -2.16. The van der Waals surface area contributed by atoms with E-state index in [0.717, 1.165) is 0 Å². The van der Waals surface area contributed by atoms with Gasteiger partial charge in [-0.3, -0.25) is 9.59 Å². The molecular weight excluding hydrogens is 400 g/mol. The van der Waals surface area contributed by atoms with Crippen LogP contribution in [0.1, 0.15) is 10.4 Å². The average molecular weight is 422 g/mol. The molecule has 0 atom stereocenters. The van der Waals surface area contributed by atoms with Crippen LogP contribution in [-0.2, 0) is 4.79 Å². The Labute approximate surface area is 179 Å². The molecule has 160 valence electrons. The zero-order valence-electron chi connectivity index (χ0n) is 17.6. The van der Waals surface area contributed by atoms with Gasteiger partial charge in [0, 0.05) is 28.8 Å². The molecule has 31 heavy (non-hydrogen) atoms. The molecule has 3 rings (SSSR count). The largest absolute Gasteiger partial charge is 0.507 e. The molecule has 3 aromatic rings. The van der Waals surface area contributed by atoms with E-state index in [4.69, 9.17) is 18.9 Å². The Morgan fingerprint density at radius 2 is 1.19 bits per heavy atom. The summed E-state index contributed by atoms with van der Waals surface area (Å²) in [5.74, 6) is 1.05. The number of phenolic OH excluding ortho intramolecular Hbond substituents is 1. The number of benzene rings is 3. The Morgan fingerprint density at radius 1 is 0.742 bits per heavy atom. The zero-order chi connectivity index (χ0) is 22.5. The van der Waals surface area contributed by atoms with Crippen molar-refractivity contribution in [2.75, 3.05) is 28.4 Å². The van der Waals surface area contributed by atoms with Crippen LogP contribution in [0.4, 0.5) is 0 Å². The van der Waals surface area contributed by atoms with Gasteiger partial charge in [-0.15, -0.1) is 0 Å². The Balaban J connectivity index is 2.33. The molecule has 0 radical (unpaired) electrons. The summed E-state index contributed by atoms with van der Waals surface area (Å²) in [4.78, 5) is 23.6. The summed E-state index contributed by atoms with van der Waals surface area (Å²) in [6.45, 7) is 0. The summed E-state index contributed by atoms with van der Waals surface area (Å²) in [6, 6.07) is 13.2. The lowest BCUT2D eigenvalue weighted by atomic mass is 9.91. The lowest BCUT2D eigenvalue weighted by molar-refractivity contribution is -0.104. The number of hydrogen-bond acceptors (Lipinski definition) is 7. The second kappa shape index (κ2) is 9.21. The first kappa shape index (κ1) is 21.7. The molecular formula is C24H22O7. The molecule has 0 aliphatic carbocycles. The number of ether oxygens (including phenoxy) is 4. The van der Waals surface area contributed by atoms with Crippen molar-refractivity contribution in [3.05, 3.63) is 54.1 Å². The second-order valence-corrected chi connectivity index (χ2v) is 6.57. The Bertz CT molecular complexity index is 1090. The minimum absolute atomic E-state index is 0.0569. The van der Waals surface area contributed by atoms with E-state index >= 15 is 0 Å². The minimum Gasteiger partial charge on any atom is -0.507 e. The third-order valence-electron chi connectivity index (χ3n) is 4.85. The van der Waals surface area contributed by atoms with Gasteiger partial charge in [-0.1, -0.05) is 0 Å². The van der Waals surface area contributed by atoms with E-state index in [0.29, 0.717) is 39.7 Å². The Morgan fingerprint density at radius 3 is 1.61 bits per heavy atom. The average Bonchev–Trinajstić information content (AvgIpc) is 2.82. The molecule has 0 spiro atoms. The summed E-state index contributed by atoms with van der Waals surface area (Å²) in [5.41, 5.74) is 1.73. The molecule has 7 nitrogen and oxygen atoms in total. The number of hydrogen-bond donors (Lipinski definition) is 1. The van der Waals surface area contributed by atoms with Crippen LogP contribution >= 0.6 is 0 Å². The SMILES string of the molecule is COc1cc(OC)cc(-c2ccc(C(=O)C=O)c(-c3cc(OC)cc(OC)c3)c2O)c1. The van der Waals surface area contributed by atoms with E-state index in [2.05, 4.69) is 0 Å². The van der Waals surface area contributed by atoms with Crippen LogP contribution in [0, 0.1) is 0 Å². The third-order valence-corrected chi connectivity index (χ3v) is 4.85. The number of Topliss-reactive ketones (excluding diaryl/α,β-unsaturated/α-hetero) is 1. The van der Waals surface area contributed by atoms with Crippen molar-refractivity contribution >= 4 is 12.1 Å². The van der Waals surface area contributed by atoms with E-state index in [9.17, 15) is 14.7 Å². The predicted molar refractivity (Wildman–Crippen MR) is 116 cm³/mol. The highest BCUT2D eigenvalue weighted by Gasteiger charge is 2.22. The molecule has 0 unspecified atom stereocenters. The van der Waals surface area contributed by atoms with E-state index in [1.54, 1.807) is 42.5 Å². The molecule has 0 bridgehead atoms. The monoisotopic (exact) mass is 422 g/mol. The number of aromatic hydroxyl groups is 1. The number of aldehydes is 1. The van der Waals surface area contributed by atoms with Gasteiger partial charge >= 0.3 is 0 Å². The normalized spacial score (nSPS) is 10.3. The summed E-state index contributed by atoms with van der Waals surface area (Å²) < 4.78 is 21.3. The number of methoxy groups -OCH3 is 4. The fraction of sp³-hybridized carbons (Fsp3) is 0.167. The van der Waals surface area contributed by atoms with Gasteiger partial charge in [-0.25, -0.2) is 0 Å². The van der Waals surface area contributed by atoms with Crippen molar-refractivity contribution in [3.8, 4) is 51.0 Å². The first-order valence-corrected chi connectivity index (χ1v) is 9.28. The van der Waals surface area contributed by atoms with E-state index in [-0.39, 0.29) is 23.2 Å². The van der Waals surface area contributed by atoms with Crippen LogP contribution in [0.15, 0.2) is 48.5 Å². The van der Waals surface area contributed by atoms with E-state index in [1.165, 1.54) is 34.5 Å². The van der Waals surface area contributed by atoms with Crippen molar-refractivity contribution in [1.29, 1.82) is 0 Å². The van der Waals surface area contributed by atoms with Gasteiger partial charge in [-0.05, 0) is 47.5 Å². The summed E-state index contributed by atoms with van der Waals surface area (Å²) in [6.07, 6.45) is 0.212. The molecule has 0 saturated heterocycles. The number of ketones is 1. The van der Waals surface area contributed by atoms with Gasteiger partial charge in [-0.2, -0.15) is 0 Å². The summed E-state index contributed by atoms with van der Waals surface area (Å²) in [5, 5.41) is 11.2. The van der Waals surface area contributed by atoms with Crippen LogP contribution in [0.5, 0.6) is 28.7 Å². The quantitative estimate of drug-likeness (QED) is 0.331.